The minimum absolute atomic E-state index is 0. The topological polar surface area (TPSA) is 50.4 Å². The van der Waals surface area contributed by atoms with Gasteiger partial charge in [-0.2, -0.15) is 0 Å². The van der Waals surface area contributed by atoms with Crippen molar-refractivity contribution in [3.05, 3.63) is 29.8 Å². The Balaban J connectivity index is 0.00000220. The number of carbonyl (C=O) groups is 1. The SMILES string of the molecule is Cl.O=C(NCc1cccc(OCC(F)F)c1)C1CCCN1. The van der Waals surface area contributed by atoms with Gasteiger partial charge in [0.2, 0.25) is 5.91 Å². The summed E-state index contributed by atoms with van der Waals surface area (Å²) in [7, 11) is 0. The highest BCUT2D eigenvalue weighted by Crippen LogP contribution is 2.14. The maximum Gasteiger partial charge on any atom is 0.272 e. The summed E-state index contributed by atoms with van der Waals surface area (Å²) in [5.41, 5.74) is 0.822. The molecule has 1 aromatic carbocycles. The molecule has 21 heavy (non-hydrogen) atoms. The lowest BCUT2D eigenvalue weighted by molar-refractivity contribution is -0.122. The third kappa shape index (κ3) is 5.85. The van der Waals surface area contributed by atoms with Crippen molar-refractivity contribution in [2.45, 2.75) is 31.9 Å². The Morgan fingerprint density at radius 2 is 2.29 bits per heavy atom. The first-order chi connectivity index (χ1) is 9.65. The van der Waals surface area contributed by atoms with E-state index in [1.807, 2.05) is 6.07 Å². The van der Waals surface area contributed by atoms with Crippen LogP contribution in [0, 0.1) is 0 Å². The van der Waals surface area contributed by atoms with Crippen molar-refractivity contribution in [1.29, 1.82) is 0 Å². The highest BCUT2D eigenvalue weighted by atomic mass is 35.5. The molecule has 0 bridgehead atoms. The number of hydrogen-bond acceptors (Lipinski definition) is 3. The van der Waals surface area contributed by atoms with Gasteiger partial charge in [0, 0.05) is 6.54 Å². The van der Waals surface area contributed by atoms with Gasteiger partial charge < -0.3 is 15.4 Å². The van der Waals surface area contributed by atoms with Crippen molar-refractivity contribution < 1.29 is 18.3 Å². The van der Waals surface area contributed by atoms with Crippen molar-refractivity contribution in [2.24, 2.45) is 0 Å². The van der Waals surface area contributed by atoms with Gasteiger partial charge in [-0.25, -0.2) is 8.78 Å². The van der Waals surface area contributed by atoms with E-state index in [0.29, 0.717) is 12.3 Å². The van der Waals surface area contributed by atoms with Crippen LogP contribution in [0.1, 0.15) is 18.4 Å². The summed E-state index contributed by atoms with van der Waals surface area (Å²) >= 11 is 0. The fraction of sp³-hybridized carbons (Fsp3) is 0.500. The summed E-state index contributed by atoms with van der Waals surface area (Å²) in [5, 5.41) is 5.94. The van der Waals surface area contributed by atoms with E-state index < -0.39 is 13.0 Å². The normalized spacial score (nSPS) is 17.4. The molecule has 2 N–H and O–H groups in total. The molecule has 1 aromatic rings. The molecule has 0 aromatic heterocycles. The zero-order valence-electron chi connectivity index (χ0n) is 11.5. The molecule has 1 amide bonds. The van der Waals surface area contributed by atoms with Gasteiger partial charge in [0.05, 0.1) is 6.04 Å². The van der Waals surface area contributed by atoms with E-state index in [1.54, 1.807) is 18.2 Å². The van der Waals surface area contributed by atoms with Gasteiger partial charge in [-0.05, 0) is 37.1 Å². The smallest absolute Gasteiger partial charge is 0.272 e. The Bertz CT molecular complexity index is 454. The van der Waals surface area contributed by atoms with E-state index in [4.69, 9.17) is 4.74 Å². The quantitative estimate of drug-likeness (QED) is 0.844. The van der Waals surface area contributed by atoms with Gasteiger partial charge in [0.25, 0.3) is 6.43 Å². The molecule has 1 heterocycles. The van der Waals surface area contributed by atoms with Gasteiger partial charge >= 0.3 is 0 Å². The van der Waals surface area contributed by atoms with E-state index >= 15 is 0 Å². The monoisotopic (exact) mass is 320 g/mol. The molecule has 0 spiro atoms. The Hall–Kier alpha value is -1.40. The van der Waals surface area contributed by atoms with E-state index in [-0.39, 0.29) is 24.4 Å². The van der Waals surface area contributed by atoms with Crippen LogP contribution in [-0.2, 0) is 11.3 Å². The maximum absolute atomic E-state index is 12.1. The second kappa shape index (κ2) is 8.79. The molecular weight excluding hydrogens is 302 g/mol. The third-order valence-corrected chi connectivity index (χ3v) is 3.12. The average molecular weight is 321 g/mol. The van der Waals surface area contributed by atoms with Crippen LogP contribution in [0.5, 0.6) is 5.75 Å². The Morgan fingerprint density at radius 3 is 2.95 bits per heavy atom. The molecule has 118 valence electrons. The number of rotatable bonds is 6. The molecule has 1 saturated heterocycles. The number of amides is 1. The highest BCUT2D eigenvalue weighted by Gasteiger charge is 2.21. The van der Waals surface area contributed by atoms with Crippen LogP contribution in [0.4, 0.5) is 8.78 Å². The minimum atomic E-state index is -2.49. The van der Waals surface area contributed by atoms with Crippen molar-refractivity contribution in [2.75, 3.05) is 13.2 Å². The minimum Gasteiger partial charge on any atom is -0.488 e. The van der Waals surface area contributed by atoms with Crippen LogP contribution >= 0.6 is 12.4 Å². The number of ether oxygens (including phenoxy) is 1. The number of alkyl halides is 2. The molecule has 0 radical (unpaired) electrons. The number of carbonyl (C=O) groups excluding carboxylic acids is 1. The largest absolute Gasteiger partial charge is 0.488 e. The molecule has 1 aliphatic heterocycles. The second-order valence-electron chi connectivity index (χ2n) is 4.72. The standard InChI is InChI=1S/C14H18F2N2O2.ClH/c15-13(16)9-20-11-4-1-3-10(7-11)8-18-14(19)12-5-2-6-17-12;/h1,3-4,7,12-13,17H,2,5-6,8-9H2,(H,18,19);1H. The van der Waals surface area contributed by atoms with Gasteiger partial charge in [0.1, 0.15) is 12.4 Å². The molecule has 7 heteroatoms. The van der Waals surface area contributed by atoms with E-state index in [0.717, 1.165) is 24.9 Å². The molecule has 1 unspecified atom stereocenters. The van der Waals surface area contributed by atoms with Crippen molar-refractivity contribution in [3.63, 3.8) is 0 Å². The summed E-state index contributed by atoms with van der Waals surface area (Å²) < 4.78 is 29.1. The first kappa shape index (κ1) is 17.7. The van der Waals surface area contributed by atoms with Crippen molar-refractivity contribution in [3.8, 4) is 5.75 Å². The summed E-state index contributed by atoms with van der Waals surface area (Å²) in [5.74, 6) is 0.359. The molecule has 1 fully saturated rings. The van der Waals surface area contributed by atoms with E-state index in [1.165, 1.54) is 0 Å². The van der Waals surface area contributed by atoms with Crippen LogP contribution < -0.4 is 15.4 Å². The van der Waals surface area contributed by atoms with Crippen LogP contribution in [0.25, 0.3) is 0 Å². The van der Waals surface area contributed by atoms with Crippen LogP contribution in [0.15, 0.2) is 24.3 Å². The molecule has 1 aliphatic rings. The second-order valence-corrected chi connectivity index (χ2v) is 4.72. The first-order valence-electron chi connectivity index (χ1n) is 6.66. The fourth-order valence-corrected chi connectivity index (χ4v) is 2.13. The van der Waals surface area contributed by atoms with Crippen LogP contribution in [0.3, 0.4) is 0 Å². The molecule has 2 rings (SSSR count). The van der Waals surface area contributed by atoms with Crippen LogP contribution in [-0.4, -0.2) is 31.5 Å². The number of hydrogen-bond donors (Lipinski definition) is 2. The van der Waals surface area contributed by atoms with Crippen LogP contribution in [0.2, 0.25) is 0 Å². The predicted octanol–water partition coefficient (Wildman–Crippen LogP) is 2.12. The summed E-state index contributed by atoms with van der Waals surface area (Å²) in [4.78, 5) is 11.8. The number of halogens is 3. The fourth-order valence-electron chi connectivity index (χ4n) is 2.13. The zero-order chi connectivity index (χ0) is 14.4. The van der Waals surface area contributed by atoms with Gasteiger partial charge in [0.15, 0.2) is 0 Å². The van der Waals surface area contributed by atoms with E-state index in [2.05, 4.69) is 10.6 Å². The average Bonchev–Trinajstić information content (AvgIpc) is 2.97. The molecular formula is C14H19ClF2N2O2. The Morgan fingerprint density at radius 1 is 1.48 bits per heavy atom. The van der Waals surface area contributed by atoms with Gasteiger partial charge in [-0.3, -0.25) is 4.79 Å². The number of nitrogens with one attached hydrogen (secondary N) is 2. The maximum atomic E-state index is 12.1. The molecule has 0 aliphatic carbocycles. The summed E-state index contributed by atoms with van der Waals surface area (Å²) in [6, 6.07) is 6.69. The molecule has 0 saturated carbocycles. The Kier molecular flexibility index (Phi) is 7.39. The van der Waals surface area contributed by atoms with Gasteiger partial charge in [-0.15, -0.1) is 12.4 Å². The third-order valence-electron chi connectivity index (χ3n) is 3.12. The lowest BCUT2D eigenvalue weighted by atomic mass is 10.2. The summed E-state index contributed by atoms with van der Waals surface area (Å²) in [6.45, 7) is 0.611. The predicted molar refractivity (Wildman–Crippen MR) is 78.1 cm³/mol. The zero-order valence-corrected chi connectivity index (χ0v) is 12.3. The first-order valence-corrected chi connectivity index (χ1v) is 6.66. The summed E-state index contributed by atoms with van der Waals surface area (Å²) in [6.07, 6.45) is -0.634. The van der Waals surface area contributed by atoms with Gasteiger partial charge in [-0.1, -0.05) is 12.1 Å². The van der Waals surface area contributed by atoms with Crippen molar-refractivity contribution in [1.82, 2.24) is 10.6 Å². The lowest BCUT2D eigenvalue weighted by Gasteiger charge is -2.12. The lowest BCUT2D eigenvalue weighted by Crippen LogP contribution is -2.39. The highest BCUT2D eigenvalue weighted by molar-refractivity contribution is 5.85. The molecule has 1 atom stereocenters. The number of benzene rings is 1. The Labute approximate surface area is 128 Å². The van der Waals surface area contributed by atoms with E-state index in [9.17, 15) is 13.6 Å². The van der Waals surface area contributed by atoms with Crippen molar-refractivity contribution >= 4 is 18.3 Å². The molecule has 4 nitrogen and oxygen atoms in total.